The average molecular weight is 488 g/mol. The van der Waals surface area contributed by atoms with Gasteiger partial charge < -0.3 is 29.4 Å². The van der Waals surface area contributed by atoms with Crippen LogP contribution in [0.2, 0.25) is 0 Å². The Morgan fingerprint density at radius 1 is 0.914 bits per heavy atom. The first kappa shape index (κ1) is 27.8. The SMILES string of the molecule is COC(=O)C(Cc1cc(-c2cc(OC)cc(OC)c2)c(O)c(C(C)(C)C)c1)NC(=O)OC(C)(C)C. The van der Waals surface area contributed by atoms with Crippen LogP contribution in [0, 0.1) is 0 Å². The summed E-state index contributed by atoms with van der Waals surface area (Å²) in [5.74, 6) is 0.651. The third-order valence-corrected chi connectivity index (χ3v) is 5.26. The lowest BCUT2D eigenvalue weighted by atomic mass is 9.82. The number of esters is 1. The van der Waals surface area contributed by atoms with Gasteiger partial charge in [0.1, 0.15) is 28.9 Å². The van der Waals surface area contributed by atoms with Gasteiger partial charge in [-0.3, -0.25) is 0 Å². The highest BCUT2D eigenvalue weighted by atomic mass is 16.6. The van der Waals surface area contributed by atoms with Crippen molar-refractivity contribution in [2.24, 2.45) is 0 Å². The molecule has 0 aliphatic rings. The summed E-state index contributed by atoms with van der Waals surface area (Å²) in [4.78, 5) is 24.9. The summed E-state index contributed by atoms with van der Waals surface area (Å²) in [6.45, 7) is 11.2. The smallest absolute Gasteiger partial charge is 0.408 e. The summed E-state index contributed by atoms with van der Waals surface area (Å²) in [7, 11) is 4.37. The van der Waals surface area contributed by atoms with Gasteiger partial charge in [0, 0.05) is 23.6 Å². The van der Waals surface area contributed by atoms with Crippen LogP contribution in [0.1, 0.15) is 52.7 Å². The number of rotatable bonds is 7. The number of alkyl carbamates (subject to hydrolysis) is 1. The maximum atomic E-state index is 12.5. The van der Waals surface area contributed by atoms with Gasteiger partial charge in [0.05, 0.1) is 21.3 Å². The summed E-state index contributed by atoms with van der Waals surface area (Å²) in [6.07, 6.45) is -0.593. The molecule has 0 bridgehead atoms. The number of hydrogen-bond donors (Lipinski definition) is 2. The predicted octanol–water partition coefficient (Wildman–Crippen LogP) is 4.98. The van der Waals surface area contributed by atoms with Crippen molar-refractivity contribution in [3.8, 4) is 28.4 Å². The lowest BCUT2D eigenvalue weighted by Crippen LogP contribution is -2.45. The van der Waals surface area contributed by atoms with E-state index in [1.807, 2.05) is 26.8 Å². The number of methoxy groups -OCH3 is 3. The molecule has 0 aromatic heterocycles. The van der Waals surface area contributed by atoms with Crippen LogP contribution < -0.4 is 14.8 Å². The molecule has 2 aromatic carbocycles. The number of benzene rings is 2. The highest BCUT2D eigenvalue weighted by Gasteiger charge is 2.28. The van der Waals surface area contributed by atoms with E-state index in [1.165, 1.54) is 7.11 Å². The highest BCUT2D eigenvalue weighted by Crippen LogP contribution is 2.41. The molecule has 35 heavy (non-hydrogen) atoms. The second-order valence-electron chi connectivity index (χ2n) is 10.3. The van der Waals surface area contributed by atoms with Crippen LogP contribution in [0.5, 0.6) is 17.2 Å². The third kappa shape index (κ3) is 7.53. The molecule has 0 spiro atoms. The fourth-order valence-corrected chi connectivity index (χ4v) is 3.59. The molecule has 8 heteroatoms. The molecule has 0 fully saturated rings. The van der Waals surface area contributed by atoms with E-state index < -0.39 is 29.1 Å². The van der Waals surface area contributed by atoms with Crippen molar-refractivity contribution >= 4 is 12.1 Å². The average Bonchev–Trinajstić information content (AvgIpc) is 2.76. The molecular formula is C27H37NO7. The number of amides is 1. The molecule has 2 aromatic rings. The van der Waals surface area contributed by atoms with Gasteiger partial charge in [0.15, 0.2) is 0 Å². The third-order valence-electron chi connectivity index (χ3n) is 5.26. The van der Waals surface area contributed by atoms with Crippen LogP contribution in [0.15, 0.2) is 30.3 Å². The number of nitrogens with one attached hydrogen (secondary N) is 1. The number of phenolic OH excluding ortho intramolecular Hbond substituents is 1. The molecule has 0 aliphatic carbocycles. The van der Waals surface area contributed by atoms with Crippen LogP contribution in [0.3, 0.4) is 0 Å². The van der Waals surface area contributed by atoms with Gasteiger partial charge >= 0.3 is 12.1 Å². The second-order valence-corrected chi connectivity index (χ2v) is 10.3. The number of hydrogen-bond acceptors (Lipinski definition) is 7. The number of phenols is 1. The first-order chi connectivity index (χ1) is 16.2. The van der Waals surface area contributed by atoms with Crippen LogP contribution >= 0.6 is 0 Å². The molecule has 2 rings (SSSR count). The van der Waals surface area contributed by atoms with Gasteiger partial charge in [0.25, 0.3) is 0 Å². The van der Waals surface area contributed by atoms with Gasteiger partial charge in [-0.2, -0.15) is 0 Å². The molecular weight excluding hydrogens is 450 g/mol. The van der Waals surface area contributed by atoms with Crippen molar-refractivity contribution in [2.45, 2.75) is 65.0 Å². The van der Waals surface area contributed by atoms with E-state index in [4.69, 9.17) is 18.9 Å². The van der Waals surface area contributed by atoms with E-state index >= 15 is 0 Å². The summed E-state index contributed by atoms with van der Waals surface area (Å²) >= 11 is 0. The van der Waals surface area contributed by atoms with E-state index in [-0.39, 0.29) is 12.2 Å². The number of carbonyl (C=O) groups excluding carboxylic acids is 2. The van der Waals surface area contributed by atoms with Gasteiger partial charge in [0.2, 0.25) is 0 Å². The molecule has 1 amide bonds. The van der Waals surface area contributed by atoms with E-state index in [9.17, 15) is 14.7 Å². The Hall–Kier alpha value is -3.42. The van der Waals surface area contributed by atoms with E-state index in [1.54, 1.807) is 59.3 Å². The lowest BCUT2D eigenvalue weighted by Gasteiger charge is -2.25. The monoisotopic (exact) mass is 487 g/mol. The molecule has 1 unspecified atom stereocenters. The number of aromatic hydroxyl groups is 1. The van der Waals surface area contributed by atoms with Gasteiger partial charge in [-0.15, -0.1) is 0 Å². The Labute approximate surface area is 207 Å². The maximum Gasteiger partial charge on any atom is 0.408 e. The minimum Gasteiger partial charge on any atom is -0.507 e. The van der Waals surface area contributed by atoms with Crippen LogP contribution in [-0.4, -0.2) is 50.1 Å². The molecule has 8 nitrogen and oxygen atoms in total. The summed E-state index contributed by atoms with van der Waals surface area (Å²) < 4.78 is 21.0. The maximum absolute atomic E-state index is 12.5. The fraction of sp³-hybridized carbons (Fsp3) is 0.481. The van der Waals surface area contributed by atoms with Gasteiger partial charge in [-0.25, -0.2) is 9.59 Å². The first-order valence-electron chi connectivity index (χ1n) is 11.4. The Kier molecular flexibility index (Phi) is 8.65. The van der Waals surface area contributed by atoms with E-state index in [2.05, 4.69) is 5.32 Å². The topological polar surface area (TPSA) is 103 Å². The quantitative estimate of drug-likeness (QED) is 0.531. The van der Waals surface area contributed by atoms with Crippen molar-refractivity contribution < 1.29 is 33.6 Å². The standard InChI is InChI=1S/C27H37NO7/c1-26(2,3)21-11-16(12-22(24(30)34-9)28-25(31)35-27(4,5)6)10-20(23(21)29)17-13-18(32-7)15-19(14-17)33-8/h10-11,13-15,22,29H,12H2,1-9H3,(H,28,31). The molecule has 0 heterocycles. The van der Waals surface area contributed by atoms with Crippen LogP contribution in [-0.2, 0) is 26.1 Å². The predicted molar refractivity (Wildman–Crippen MR) is 134 cm³/mol. The van der Waals surface area contributed by atoms with Crippen molar-refractivity contribution in [3.05, 3.63) is 41.5 Å². The fourth-order valence-electron chi connectivity index (χ4n) is 3.59. The van der Waals surface area contributed by atoms with Crippen LogP contribution in [0.4, 0.5) is 4.79 Å². The Morgan fingerprint density at radius 2 is 1.49 bits per heavy atom. The Morgan fingerprint density at radius 3 is 1.94 bits per heavy atom. The minimum absolute atomic E-state index is 0.117. The minimum atomic E-state index is -0.986. The first-order valence-corrected chi connectivity index (χ1v) is 11.4. The molecule has 2 N–H and O–H groups in total. The summed E-state index contributed by atoms with van der Waals surface area (Å²) in [5.41, 5.74) is 1.51. The summed E-state index contributed by atoms with van der Waals surface area (Å²) in [5, 5.41) is 13.8. The molecule has 0 saturated heterocycles. The Balaban J connectivity index is 2.59. The Bertz CT molecular complexity index is 1040. The molecule has 0 radical (unpaired) electrons. The molecule has 1 atom stereocenters. The van der Waals surface area contributed by atoms with Gasteiger partial charge in [-0.1, -0.05) is 26.8 Å². The van der Waals surface area contributed by atoms with Crippen molar-refractivity contribution in [3.63, 3.8) is 0 Å². The van der Waals surface area contributed by atoms with Crippen molar-refractivity contribution in [2.75, 3.05) is 21.3 Å². The molecule has 0 saturated carbocycles. The zero-order valence-electron chi connectivity index (χ0n) is 22.1. The van der Waals surface area contributed by atoms with Crippen LogP contribution in [0.25, 0.3) is 11.1 Å². The zero-order chi connectivity index (χ0) is 26.6. The zero-order valence-corrected chi connectivity index (χ0v) is 22.1. The number of carbonyl (C=O) groups is 2. The van der Waals surface area contributed by atoms with Crippen molar-refractivity contribution in [1.29, 1.82) is 0 Å². The van der Waals surface area contributed by atoms with Crippen molar-refractivity contribution in [1.82, 2.24) is 5.32 Å². The second kappa shape index (κ2) is 10.9. The lowest BCUT2D eigenvalue weighted by molar-refractivity contribution is -0.143. The molecule has 0 aliphatic heterocycles. The largest absolute Gasteiger partial charge is 0.507 e. The van der Waals surface area contributed by atoms with E-state index in [0.29, 0.717) is 28.2 Å². The normalized spacial score (nSPS) is 12.5. The van der Waals surface area contributed by atoms with E-state index in [0.717, 1.165) is 5.56 Å². The van der Waals surface area contributed by atoms with Gasteiger partial charge in [-0.05, 0) is 55.5 Å². The molecule has 192 valence electrons. The number of ether oxygens (including phenoxy) is 4. The summed E-state index contributed by atoms with van der Waals surface area (Å²) in [6, 6.07) is 7.97. The highest BCUT2D eigenvalue weighted by molar-refractivity contribution is 5.82.